The number of hydrogen-bond acceptors (Lipinski definition) is 5. The quantitative estimate of drug-likeness (QED) is 0.623. The summed E-state index contributed by atoms with van der Waals surface area (Å²) in [4.78, 5) is 13.2. The molecule has 0 saturated carbocycles. The minimum absolute atomic E-state index is 0.658. The Hall–Kier alpha value is -2.69. The molecule has 0 atom stereocenters. The van der Waals surface area contributed by atoms with Crippen molar-refractivity contribution in [2.75, 3.05) is 18.5 Å². The van der Waals surface area contributed by atoms with E-state index in [2.05, 4.69) is 53.2 Å². The summed E-state index contributed by atoms with van der Waals surface area (Å²) in [6.45, 7) is 8.11. The van der Waals surface area contributed by atoms with E-state index in [1.807, 2.05) is 24.4 Å². The van der Waals surface area contributed by atoms with Gasteiger partial charge in [-0.25, -0.2) is 15.0 Å². The SMILES string of the molecule is CCCOc1ccc(-c2ccc3ncnc(NCCC(C)C)c3c2)cn1. The van der Waals surface area contributed by atoms with Crippen molar-refractivity contribution in [1.29, 1.82) is 0 Å². The lowest BCUT2D eigenvalue weighted by atomic mass is 10.1. The van der Waals surface area contributed by atoms with E-state index >= 15 is 0 Å². The van der Waals surface area contributed by atoms with Crippen molar-refractivity contribution in [2.24, 2.45) is 5.92 Å². The molecule has 0 saturated heterocycles. The second-order valence-corrected chi connectivity index (χ2v) is 6.80. The van der Waals surface area contributed by atoms with Crippen molar-refractivity contribution < 1.29 is 4.74 Å². The zero-order valence-corrected chi connectivity index (χ0v) is 15.7. The normalized spacial score (nSPS) is 11.1. The third-order valence-corrected chi connectivity index (χ3v) is 4.17. The summed E-state index contributed by atoms with van der Waals surface area (Å²) in [5, 5.41) is 4.47. The van der Waals surface area contributed by atoms with Gasteiger partial charge in [-0.05, 0) is 42.5 Å². The maximum atomic E-state index is 5.56. The third-order valence-electron chi connectivity index (χ3n) is 4.17. The average Bonchev–Trinajstić information content (AvgIpc) is 2.66. The zero-order valence-electron chi connectivity index (χ0n) is 15.7. The molecule has 5 nitrogen and oxygen atoms in total. The fourth-order valence-electron chi connectivity index (χ4n) is 2.70. The van der Waals surface area contributed by atoms with Crippen LogP contribution >= 0.6 is 0 Å². The molecule has 0 aliphatic rings. The fraction of sp³-hybridized carbons (Fsp3) is 0.381. The van der Waals surface area contributed by atoms with Gasteiger partial charge in [0.1, 0.15) is 12.1 Å². The highest BCUT2D eigenvalue weighted by Gasteiger charge is 2.07. The Bertz CT molecular complexity index is 846. The second-order valence-electron chi connectivity index (χ2n) is 6.80. The van der Waals surface area contributed by atoms with Crippen molar-refractivity contribution >= 4 is 16.7 Å². The monoisotopic (exact) mass is 350 g/mol. The van der Waals surface area contributed by atoms with Crippen molar-refractivity contribution in [3.8, 4) is 17.0 Å². The summed E-state index contributed by atoms with van der Waals surface area (Å²) in [6.07, 6.45) is 5.54. The van der Waals surface area contributed by atoms with E-state index in [9.17, 15) is 0 Å². The predicted molar refractivity (Wildman–Crippen MR) is 106 cm³/mol. The molecule has 2 aromatic heterocycles. The molecular weight excluding hydrogens is 324 g/mol. The Labute approximate surface area is 154 Å². The van der Waals surface area contributed by atoms with Gasteiger partial charge in [0.25, 0.3) is 0 Å². The fourth-order valence-corrected chi connectivity index (χ4v) is 2.70. The number of fused-ring (bicyclic) bond motifs is 1. The molecule has 0 spiro atoms. The average molecular weight is 350 g/mol. The molecule has 5 heteroatoms. The lowest BCUT2D eigenvalue weighted by molar-refractivity contribution is 0.305. The van der Waals surface area contributed by atoms with Crippen molar-refractivity contribution in [1.82, 2.24) is 15.0 Å². The van der Waals surface area contributed by atoms with Crippen LogP contribution in [0.3, 0.4) is 0 Å². The molecule has 3 rings (SSSR count). The molecule has 0 unspecified atom stereocenters. The van der Waals surface area contributed by atoms with Gasteiger partial charge >= 0.3 is 0 Å². The Morgan fingerprint density at radius 1 is 1.04 bits per heavy atom. The van der Waals surface area contributed by atoms with Gasteiger partial charge in [-0.3, -0.25) is 0 Å². The number of nitrogens with one attached hydrogen (secondary N) is 1. The number of ether oxygens (including phenoxy) is 1. The topological polar surface area (TPSA) is 59.9 Å². The van der Waals surface area contributed by atoms with Crippen molar-refractivity contribution in [3.05, 3.63) is 42.9 Å². The summed E-state index contributed by atoms with van der Waals surface area (Å²) in [5.41, 5.74) is 3.08. The van der Waals surface area contributed by atoms with Gasteiger partial charge in [0.15, 0.2) is 0 Å². The molecule has 3 aromatic rings. The Morgan fingerprint density at radius 3 is 2.62 bits per heavy atom. The minimum atomic E-state index is 0.658. The van der Waals surface area contributed by atoms with E-state index in [1.165, 1.54) is 0 Å². The molecule has 0 fully saturated rings. The Kier molecular flexibility index (Phi) is 6.00. The molecular formula is C21H26N4O. The summed E-state index contributed by atoms with van der Waals surface area (Å²) < 4.78 is 5.56. The van der Waals surface area contributed by atoms with Crippen LogP contribution in [0.1, 0.15) is 33.6 Å². The van der Waals surface area contributed by atoms with Crippen LogP contribution in [-0.2, 0) is 0 Å². The first-order valence-corrected chi connectivity index (χ1v) is 9.25. The maximum Gasteiger partial charge on any atom is 0.213 e. The standard InChI is InChI=1S/C21H26N4O/c1-4-11-26-20-8-6-17(13-23-20)16-5-7-19-18(12-16)21(25-14-24-19)22-10-9-15(2)3/h5-8,12-15H,4,9-11H2,1-3H3,(H,22,24,25). The predicted octanol–water partition coefficient (Wildman–Crippen LogP) is 4.94. The summed E-state index contributed by atoms with van der Waals surface area (Å²) in [7, 11) is 0. The molecule has 136 valence electrons. The molecule has 26 heavy (non-hydrogen) atoms. The first-order chi connectivity index (χ1) is 12.7. The molecule has 0 amide bonds. The van der Waals surface area contributed by atoms with E-state index in [0.29, 0.717) is 18.4 Å². The van der Waals surface area contributed by atoms with Crippen LogP contribution in [0.15, 0.2) is 42.9 Å². The van der Waals surface area contributed by atoms with Crippen LogP contribution in [0.4, 0.5) is 5.82 Å². The number of hydrogen-bond donors (Lipinski definition) is 1. The number of aromatic nitrogens is 3. The smallest absolute Gasteiger partial charge is 0.213 e. The van der Waals surface area contributed by atoms with E-state index < -0.39 is 0 Å². The second kappa shape index (κ2) is 8.61. The van der Waals surface area contributed by atoms with E-state index in [-0.39, 0.29) is 0 Å². The van der Waals surface area contributed by atoms with Gasteiger partial charge in [-0.1, -0.05) is 26.8 Å². The lowest BCUT2D eigenvalue weighted by Crippen LogP contribution is -2.06. The lowest BCUT2D eigenvalue weighted by Gasteiger charge is -2.11. The Morgan fingerprint density at radius 2 is 1.88 bits per heavy atom. The third kappa shape index (κ3) is 4.48. The highest BCUT2D eigenvalue weighted by atomic mass is 16.5. The number of anilines is 1. The van der Waals surface area contributed by atoms with Gasteiger partial charge in [0, 0.05) is 29.8 Å². The number of benzene rings is 1. The van der Waals surface area contributed by atoms with Crippen molar-refractivity contribution in [2.45, 2.75) is 33.6 Å². The van der Waals surface area contributed by atoms with E-state index in [0.717, 1.165) is 47.2 Å². The molecule has 1 aromatic carbocycles. The molecule has 0 radical (unpaired) electrons. The van der Waals surface area contributed by atoms with Crippen LogP contribution < -0.4 is 10.1 Å². The molecule has 1 N–H and O–H groups in total. The Balaban J connectivity index is 1.85. The van der Waals surface area contributed by atoms with Gasteiger partial charge in [-0.15, -0.1) is 0 Å². The molecule has 0 bridgehead atoms. The van der Waals surface area contributed by atoms with Crippen LogP contribution in [0, 0.1) is 5.92 Å². The highest BCUT2D eigenvalue weighted by Crippen LogP contribution is 2.27. The van der Waals surface area contributed by atoms with Crippen LogP contribution in [0.5, 0.6) is 5.88 Å². The van der Waals surface area contributed by atoms with Gasteiger partial charge in [0.2, 0.25) is 5.88 Å². The number of rotatable bonds is 8. The van der Waals surface area contributed by atoms with Crippen molar-refractivity contribution in [3.63, 3.8) is 0 Å². The van der Waals surface area contributed by atoms with E-state index in [4.69, 9.17) is 4.74 Å². The number of nitrogens with zero attached hydrogens (tertiary/aromatic N) is 3. The molecule has 0 aliphatic carbocycles. The van der Waals surface area contributed by atoms with Gasteiger partial charge < -0.3 is 10.1 Å². The van der Waals surface area contributed by atoms with E-state index in [1.54, 1.807) is 6.33 Å². The van der Waals surface area contributed by atoms with Gasteiger partial charge in [0.05, 0.1) is 12.1 Å². The maximum absolute atomic E-state index is 5.56. The minimum Gasteiger partial charge on any atom is -0.478 e. The molecule has 0 aliphatic heterocycles. The molecule has 2 heterocycles. The van der Waals surface area contributed by atoms with Crippen LogP contribution in [0.25, 0.3) is 22.0 Å². The largest absolute Gasteiger partial charge is 0.478 e. The highest BCUT2D eigenvalue weighted by molar-refractivity contribution is 5.92. The zero-order chi connectivity index (χ0) is 18.4. The van der Waals surface area contributed by atoms with Crippen LogP contribution in [0.2, 0.25) is 0 Å². The summed E-state index contributed by atoms with van der Waals surface area (Å²) in [5.74, 6) is 2.20. The van der Waals surface area contributed by atoms with Crippen LogP contribution in [-0.4, -0.2) is 28.1 Å². The number of pyridine rings is 1. The summed E-state index contributed by atoms with van der Waals surface area (Å²) in [6, 6.07) is 10.2. The summed E-state index contributed by atoms with van der Waals surface area (Å²) >= 11 is 0. The van der Waals surface area contributed by atoms with Gasteiger partial charge in [-0.2, -0.15) is 0 Å². The first kappa shape index (κ1) is 18.1. The first-order valence-electron chi connectivity index (χ1n) is 9.25.